The largest absolute Gasteiger partial charge is 0.354 e. The molecule has 2 amide bonds. The number of rotatable bonds is 26. The van der Waals surface area contributed by atoms with Crippen LogP contribution in [0.4, 0.5) is 0 Å². The van der Waals surface area contributed by atoms with Crippen molar-refractivity contribution in [3.05, 3.63) is 0 Å². The zero-order chi connectivity index (χ0) is 53.2. The lowest BCUT2D eigenvalue weighted by Gasteiger charge is -2.36. The number of carbonyl (C=O) groups is 11. The van der Waals surface area contributed by atoms with Crippen LogP contribution in [0.3, 0.4) is 0 Å². The van der Waals surface area contributed by atoms with E-state index in [2.05, 4.69) is 10.6 Å². The number of nitrogens with one attached hydrogen (secondary N) is 2. The molecule has 0 aromatic heterocycles. The van der Waals surface area contributed by atoms with E-state index in [9.17, 15) is 52.7 Å². The molecule has 0 bridgehead atoms. The first kappa shape index (κ1) is 62.8. The average molecular weight is 1000 g/mol. The monoisotopic (exact) mass is 1000 g/mol. The van der Waals surface area contributed by atoms with Gasteiger partial charge in [-0.1, -0.05) is 0 Å². The second-order valence-electron chi connectivity index (χ2n) is 19.8. The zero-order valence-corrected chi connectivity index (χ0v) is 44.4. The van der Waals surface area contributed by atoms with E-state index in [0.29, 0.717) is 105 Å². The van der Waals surface area contributed by atoms with Crippen LogP contribution < -0.4 is 10.6 Å². The van der Waals surface area contributed by atoms with Gasteiger partial charge < -0.3 is 10.6 Å². The van der Waals surface area contributed by atoms with Crippen molar-refractivity contribution in [2.24, 2.45) is 0 Å². The van der Waals surface area contributed by atoms with Gasteiger partial charge in [0.2, 0.25) is 11.8 Å². The van der Waals surface area contributed by atoms with Gasteiger partial charge in [0.15, 0.2) is 5.78 Å². The average Bonchev–Trinajstić information content (AvgIpc) is 3.24. The molecule has 0 aromatic rings. The van der Waals surface area contributed by atoms with Crippen LogP contribution in [0.25, 0.3) is 0 Å². The third kappa shape index (κ3) is 27.3. The Bertz CT molecular complexity index is 1770. The van der Waals surface area contributed by atoms with Crippen LogP contribution in [0.1, 0.15) is 88.0 Å². The maximum absolute atomic E-state index is 13.5. The fraction of sp³-hybridized carbons (Fsp3) is 0.780. The van der Waals surface area contributed by atoms with Crippen LogP contribution in [0, 0.1) is 0 Å². The van der Waals surface area contributed by atoms with Gasteiger partial charge in [0, 0.05) is 124 Å². The van der Waals surface area contributed by atoms with E-state index in [1.54, 1.807) is 0 Å². The Balaban J connectivity index is 2.16. The Labute approximate surface area is 422 Å². The van der Waals surface area contributed by atoms with Crippen molar-refractivity contribution in [1.29, 1.82) is 0 Å². The molecule has 2 N–H and O–H groups in total. The smallest absolute Gasteiger partial charge is 0.220 e. The van der Waals surface area contributed by atoms with E-state index in [4.69, 9.17) is 0 Å². The van der Waals surface area contributed by atoms with Crippen LogP contribution in [0.5, 0.6) is 0 Å². The number of nitrogens with zero attached hydrogens (tertiary/aromatic N) is 8. The molecule has 0 aromatic carbocycles. The molecular formula is C50H86N10O11. The lowest BCUT2D eigenvalue weighted by Crippen LogP contribution is -2.52. The summed E-state index contributed by atoms with van der Waals surface area (Å²) >= 11 is 0. The topological polar surface area (TPSA) is 238 Å². The molecule has 0 radical (unpaired) electrons. The predicted molar refractivity (Wildman–Crippen MR) is 269 cm³/mol. The second-order valence-corrected chi connectivity index (χ2v) is 19.8. The molecule has 402 valence electrons. The summed E-state index contributed by atoms with van der Waals surface area (Å²) in [5, 5.41) is 5.47. The zero-order valence-electron chi connectivity index (χ0n) is 44.4. The van der Waals surface area contributed by atoms with Gasteiger partial charge in [-0.25, -0.2) is 0 Å². The molecule has 21 nitrogen and oxygen atoms in total. The minimum absolute atomic E-state index is 0.0162. The number of amides is 2. The lowest BCUT2D eigenvalue weighted by molar-refractivity contribution is -0.129. The summed E-state index contributed by atoms with van der Waals surface area (Å²) in [7, 11) is 0. The summed E-state index contributed by atoms with van der Waals surface area (Å²) in [6.07, 6.45) is 0.121. The van der Waals surface area contributed by atoms with E-state index in [1.165, 1.54) is 62.3 Å². The van der Waals surface area contributed by atoms with Crippen LogP contribution in [-0.2, 0) is 52.7 Å². The summed E-state index contributed by atoms with van der Waals surface area (Å²) < 4.78 is 0. The Kier molecular flexibility index (Phi) is 29.5. The van der Waals surface area contributed by atoms with E-state index in [1.807, 2.05) is 39.2 Å². The highest BCUT2D eigenvalue weighted by molar-refractivity contribution is 5.89. The van der Waals surface area contributed by atoms with Gasteiger partial charge >= 0.3 is 0 Å². The van der Waals surface area contributed by atoms with Crippen LogP contribution in [0.2, 0.25) is 0 Å². The highest BCUT2D eigenvalue weighted by Crippen LogP contribution is 2.14. The Morgan fingerprint density at radius 1 is 0.338 bits per heavy atom. The third-order valence-corrected chi connectivity index (χ3v) is 12.9. The normalized spacial score (nSPS) is 19.3. The van der Waals surface area contributed by atoms with Crippen LogP contribution in [0.15, 0.2) is 0 Å². The van der Waals surface area contributed by atoms with Gasteiger partial charge in [-0.2, -0.15) is 0 Å². The Morgan fingerprint density at radius 3 is 0.803 bits per heavy atom. The maximum atomic E-state index is 13.5. The second kappa shape index (κ2) is 33.4. The maximum Gasteiger partial charge on any atom is 0.220 e. The summed E-state index contributed by atoms with van der Waals surface area (Å²) in [5.74, 6) is -1.67. The SMILES string of the molecule is CC(=O)CN1CCN(CC(C)=O)CCN(C(CCC(=O)NC[C@H](NC(=O)CCC(C(C)=O)N2CCN(CC(C)=O)CCN(CC(C)=O)CCN(CC(C)=O)CC2)C(C)=O)C(C)=O)CCN(CC(C)=O)CC1. The minimum Gasteiger partial charge on any atom is -0.354 e. The summed E-state index contributed by atoms with van der Waals surface area (Å²) in [5.41, 5.74) is 0. The summed E-state index contributed by atoms with van der Waals surface area (Å²) in [6.45, 7) is 22.0. The summed E-state index contributed by atoms with van der Waals surface area (Å²) in [4.78, 5) is 155. The first-order valence-corrected chi connectivity index (χ1v) is 25.3. The molecule has 2 heterocycles. The van der Waals surface area contributed by atoms with Crippen molar-refractivity contribution < 1.29 is 52.7 Å². The van der Waals surface area contributed by atoms with Gasteiger partial charge in [-0.3, -0.25) is 91.9 Å². The predicted octanol–water partition coefficient (Wildman–Crippen LogP) is -1.37. The fourth-order valence-corrected chi connectivity index (χ4v) is 9.26. The third-order valence-electron chi connectivity index (χ3n) is 12.9. The lowest BCUT2D eigenvalue weighted by atomic mass is 10.0. The van der Waals surface area contributed by atoms with Crippen molar-refractivity contribution in [2.45, 2.75) is 106 Å². The Hall–Kier alpha value is -4.35. The molecule has 3 atom stereocenters. The molecule has 71 heavy (non-hydrogen) atoms. The van der Waals surface area contributed by atoms with Crippen LogP contribution in [-0.4, -0.2) is 272 Å². The van der Waals surface area contributed by atoms with Crippen molar-refractivity contribution >= 4 is 63.9 Å². The molecule has 2 rings (SSSR count). The van der Waals surface area contributed by atoms with Crippen molar-refractivity contribution in [1.82, 2.24) is 49.8 Å². The number of hydrogen-bond acceptors (Lipinski definition) is 19. The number of carbonyl (C=O) groups excluding carboxylic acids is 11. The highest BCUT2D eigenvalue weighted by Gasteiger charge is 2.29. The molecule has 2 aliphatic rings. The molecule has 21 heteroatoms. The molecule has 2 aliphatic heterocycles. The van der Waals surface area contributed by atoms with Gasteiger partial charge in [-0.05, 0) is 75.2 Å². The molecule has 2 unspecified atom stereocenters. The van der Waals surface area contributed by atoms with Crippen molar-refractivity contribution in [3.63, 3.8) is 0 Å². The standard InChI is InChI=1S/C50H86N10O11/c1-37(61)31-53-14-18-55(33-39(3)63)22-26-59(27-23-56(19-15-53)34-40(4)64)47(44(8)68)10-12-49(70)51-30-46(43(7)67)52-50(71)13-11-48(45(9)69)60-28-24-57(35-41(5)65)20-16-54(32-38(2)62)17-21-58(25-29-60)36-42(6)66/h46-48H,10-36H2,1-9H3,(H,51,70)(H,52,71)/t46-,47?,48?/m0/s1. The number of Topliss-reactive ketones (excluding diaryl/α,β-unsaturated/α-hetero) is 9. The fourth-order valence-electron chi connectivity index (χ4n) is 9.26. The van der Waals surface area contributed by atoms with Gasteiger partial charge in [0.05, 0.1) is 51.4 Å². The van der Waals surface area contributed by atoms with E-state index >= 15 is 0 Å². The van der Waals surface area contributed by atoms with Crippen molar-refractivity contribution in [3.8, 4) is 0 Å². The van der Waals surface area contributed by atoms with E-state index in [0.717, 1.165) is 0 Å². The summed E-state index contributed by atoms with van der Waals surface area (Å²) in [6, 6.07) is -2.41. The molecule has 0 aliphatic carbocycles. The molecule has 2 saturated heterocycles. The first-order chi connectivity index (χ1) is 33.4. The van der Waals surface area contributed by atoms with E-state index in [-0.39, 0.29) is 118 Å². The minimum atomic E-state index is -1.06. The molecule has 0 saturated carbocycles. The number of hydrogen-bond donors (Lipinski definition) is 2. The first-order valence-electron chi connectivity index (χ1n) is 25.3. The van der Waals surface area contributed by atoms with Crippen LogP contribution >= 0.6 is 0 Å². The quantitative estimate of drug-likeness (QED) is 0.102. The highest BCUT2D eigenvalue weighted by atomic mass is 16.2. The van der Waals surface area contributed by atoms with E-state index < -0.39 is 35.7 Å². The van der Waals surface area contributed by atoms with Gasteiger partial charge in [0.25, 0.3) is 0 Å². The van der Waals surface area contributed by atoms with Crippen molar-refractivity contribution in [2.75, 3.05) is 151 Å². The molecule has 0 spiro atoms. The molecule has 2 fully saturated rings. The Morgan fingerprint density at radius 2 is 0.577 bits per heavy atom. The number of ketones is 9. The molecular weight excluding hydrogens is 917 g/mol. The van der Waals surface area contributed by atoms with Gasteiger partial charge in [-0.15, -0.1) is 0 Å². The van der Waals surface area contributed by atoms with Gasteiger partial charge in [0.1, 0.15) is 52.3 Å².